The highest BCUT2D eigenvalue weighted by atomic mass is 16.4. The summed E-state index contributed by atoms with van der Waals surface area (Å²) >= 11 is 0. The summed E-state index contributed by atoms with van der Waals surface area (Å²) in [6.45, 7) is 16.2. The van der Waals surface area contributed by atoms with E-state index in [9.17, 15) is 9.90 Å². The minimum atomic E-state index is -0.841. The maximum absolute atomic E-state index is 11.6. The molecule has 35 heavy (non-hydrogen) atoms. The average Bonchev–Trinajstić information content (AvgIpc) is 2.84. The molecule has 0 aliphatic heterocycles. The molecule has 212 valence electrons. The summed E-state index contributed by atoms with van der Waals surface area (Å²) in [7, 11) is 0. The minimum absolute atomic E-state index is 0. The van der Waals surface area contributed by atoms with E-state index in [0.29, 0.717) is 11.8 Å². The van der Waals surface area contributed by atoms with E-state index in [0.717, 1.165) is 30.6 Å². The number of aliphatic carboxylic acids is 1. The van der Waals surface area contributed by atoms with Gasteiger partial charge in [0.25, 0.3) is 0 Å². The summed E-state index contributed by atoms with van der Waals surface area (Å²) in [6.07, 6.45) is 23.7. The molecular weight excluding hydrogens is 430 g/mol. The Morgan fingerprint density at radius 3 is 1.23 bits per heavy atom. The number of carbonyl (C=O) groups is 1. The first kappa shape index (κ1) is 36.6. The number of carbonyl (C=O) groups excluding carboxylic acids is 1. The van der Waals surface area contributed by atoms with Crippen molar-refractivity contribution in [1.29, 1.82) is 0 Å². The molecule has 0 aromatic heterocycles. The van der Waals surface area contributed by atoms with E-state index >= 15 is 0 Å². The molecule has 4 atom stereocenters. The summed E-state index contributed by atoms with van der Waals surface area (Å²) in [5, 5.41) is 11.6. The Kier molecular flexibility index (Phi) is 23.6. The van der Waals surface area contributed by atoms with Gasteiger partial charge in [-0.15, -0.1) is 0 Å². The summed E-state index contributed by atoms with van der Waals surface area (Å²) < 4.78 is 0. The minimum Gasteiger partial charge on any atom is -0.550 e. The lowest BCUT2D eigenvalue weighted by Gasteiger charge is -2.42. The highest BCUT2D eigenvalue weighted by Gasteiger charge is 2.36. The molecular formula is C32H67NO2. The molecule has 0 aromatic rings. The summed E-state index contributed by atoms with van der Waals surface area (Å²) in [5.41, 5.74) is 0.376. The van der Waals surface area contributed by atoms with Gasteiger partial charge in [0.15, 0.2) is 0 Å². The molecule has 0 fully saturated rings. The van der Waals surface area contributed by atoms with Crippen LogP contribution in [0.1, 0.15) is 170 Å². The van der Waals surface area contributed by atoms with Gasteiger partial charge in [0.2, 0.25) is 0 Å². The predicted octanol–water partition coefficient (Wildman–Crippen LogP) is 10.1. The monoisotopic (exact) mass is 498 g/mol. The predicted molar refractivity (Wildman–Crippen MR) is 155 cm³/mol. The van der Waals surface area contributed by atoms with Gasteiger partial charge in [0, 0.05) is 5.97 Å². The first-order chi connectivity index (χ1) is 16.3. The van der Waals surface area contributed by atoms with Crippen LogP contribution in [0.5, 0.6) is 0 Å². The Bertz CT molecular complexity index is 433. The standard InChI is InChI=1S/C32H64O2.H3N/c1-8-15-19-27(11-4)24-32(25-28(12-5)20-16-9-2,26-29(13-6)21-17-10-3)23-18-22-30(14-7)31(33)34;/h27-30H,8-26H2,1-7H3,(H,33,34);1H3. The summed E-state index contributed by atoms with van der Waals surface area (Å²) in [4.78, 5) is 11.6. The van der Waals surface area contributed by atoms with Crippen molar-refractivity contribution in [1.82, 2.24) is 6.15 Å². The number of quaternary nitrogens is 1. The van der Waals surface area contributed by atoms with Gasteiger partial charge in [0.1, 0.15) is 0 Å². The fourth-order valence-electron chi connectivity index (χ4n) is 6.44. The molecule has 0 saturated carbocycles. The Morgan fingerprint density at radius 1 is 0.600 bits per heavy atom. The second-order valence-corrected chi connectivity index (χ2v) is 11.7. The highest BCUT2D eigenvalue weighted by molar-refractivity contribution is 5.67. The van der Waals surface area contributed by atoms with Crippen LogP contribution in [0.25, 0.3) is 0 Å². The Morgan fingerprint density at radius 2 is 0.971 bits per heavy atom. The van der Waals surface area contributed by atoms with Crippen molar-refractivity contribution in [3.63, 3.8) is 0 Å². The van der Waals surface area contributed by atoms with Gasteiger partial charge >= 0.3 is 0 Å². The number of rotatable bonds is 24. The molecule has 3 nitrogen and oxygen atoms in total. The normalized spacial score (nSPS) is 16.7. The van der Waals surface area contributed by atoms with Crippen LogP contribution < -0.4 is 11.3 Å². The lowest BCUT2D eigenvalue weighted by atomic mass is 9.63. The van der Waals surface area contributed by atoms with Crippen LogP contribution in [0.3, 0.4) is 0 Å². The quantitative estimate of drug-likeness (QED) is 0.144. The second kappa shape index (κ2) is 22.6. The molecule has 0 aromatic carbocycles. The summed E-state index contributed by atoms with van der Waals surface area (Å²) in [6, 6.07) is 0. The third-order valence-electron chi connectivity index (χ3n) is 8.88. The largest absolute Gasteiger partial charge is 0.550 e. The molecule has 0 aliphatic carbocycles. The first-order valence-electron chi connectivity index (χ1n) is 15.6. The van der Waals surface area contributed by atoms with Crippen molar-refractivity contribution >= 4 is 5.97 Å². The van der Waals surface area contributed by atoms with Gasteiger partial charge in [-0.2, -0.15) is 0 Å². The van der Waals surface area contributed by atoms with Crippen LogP contribution >= 0.6 is 0 Å². The number of unbranched alkanes of at least 4 members (excludes halogenated alkanes) is 3. The van der Waals surface area contributed by atoms with Crippen molar-refractivity contribution in [2.24, 2.45) is 29.1 Å². The molecule has 0 aliphatic rings. The van der Waals surface area contributed by atoms with Gasteiger partial charge in [0.05, 0.1) is 0 Å². The number of hydrogen-bond acceptors (Lipinski definition) is 2. The van der Waals surface area contributed by atoms with Gasteiger partial charge in [-0.25, -0.2) is 0 Å². The lowest BCUT2D eigenvalue weighted by Crippen LogP contribution is -2.33. The molecule has 0 bridgehead atoms. The maximum Gasteiger partial charge on any atom is 0.0445 e. The Hall–Kier alpha value is -0.570. The van der Waals surface area contributed by atoms with Crippen LogP contribution in [-0.4, -0.2) is 5.97 Å². The zero-order valence-corrected chi connectivity index (χ0v) is 25.6. The van der Waals surface area contributed by atoms with Crippen LogP contribution in [0.2, 0.25) is 0 Å². The van der Waals surface area contributed by atoms with E-state index in [1.807, 2.05) is 6.92 Å². The van der Waals surface area contributed by atoms with E-state index in [1.54, 1.807) is 0 Å². The van der Waals surface area contributed by atoms with Crippen LogP contribution in [0, 0.1) is 29.1 Å². The molecule has 0 saturated heterocycles. The smallest absolute Gasteiger partial charge is 0.0445 e. The van der Waals surface area contributed by atoms with Crippen LogP contribution in [0.4, 0.5) is 0 Å². The fourth-order valence-corrected chi connectivity index (χ4v) is 6.44. The number of carboxylic acids is 1. The van der Waals surface area contributed by atoms with Crippen LogP contribution in [0.15, 0.2) is 0 Å². The molecule has 0 heterocycles. The van der Waals surface area contributed by atoms with E-state index in [2.05, 4.69) is 41.5 Å². The lowest BCUT2D eigenvalue weighted by molar-refractivity contribution is -0.312. The van der Waals surface area contributed by atoms with Crippen LogP contribution in [-0.2, 0) is 4.79 Å². The molecule has 0 amide bonds. The van der Waals surface area contributed by atoms with E-state index in [4.69, 9.17) is 0 Å². The Labute approximate surface area is 221 Å². The zero-order chi connectivity index (χ0) is 25.8. The van der Waals surface area contributed by atoms with E-state index < -0.39 is 5.97 Å². The number of carboxylic acid groups (broad SMARTS) is 1. The van der Waals surface area contributed by atoms with Gasteiger partial charge < -0.3 is 16.1 Å². The maximum atomic E-state index is 11.6. The highest BCUT2D eigenvalue weighted by Crippen LogP contribution is 2.48. The van der Waals surface area contributed by atoms with E-state index in [1.165, 1.54) is 103 Å². The molecule has 3 heteroatoms. The van der Waals surface area contributed by atoms with Crippen molar-refractivity contribution < 1.29 is 9.90 Å². The van der Waals surface area contributed by atoms with Crippen molar-refractivity contribution in [2.45, 2.75) is 170 Å². The zero-order valence-electron chi connectivity index (χ0n) is 25.6. The van der Waals surface area contributed by atoms with Crippen molar-refractivity contribution in [2.75, 3.05) is 0 Å². The third kappa shape index (κ3) is 16.0. The van der Waals surface area contributed by atoms with Gasteiger partial charge in [-0.1, -0.05) is 132 Å². The SMILES string of the molecule is CCCCC(CC)CC(CCCC(CC)C(=O)[O-])(CC(CC)CCCC)CC(CC)CCCC.[NH4+]. The second-order valence-electron chi connectivity index (χ2n) is 11.7. The molecule has 0 rings (SSSR count). The number of hydrogen-bond donors (Lipinski definition) is 1. The average molecular weight is 498 g/mol. The molecule has 4 unspecified atom stereocenters. The van der Waals surface area contributed by atoms with Crippen molar-refractivity contribution in [3.8, 4) is 0 Å². The summed E-state index contributed by atoms with van der Waals surface area (Å²) in [5.74, 6) is 1.33. The Balaban J connectivity index is 0. The van der Waals surface area contributed by atoms with Gasteiger partial charge in [-0.3, -0.25) is 0 Å². The van der Waals surface area contributed by atoms with Crippen molar-refractivity contribution in [3.05, 3.63) is 0 Å². The fraction of sp³-hybridized carbons (Fsp3) is 0.969. The third-order valence-corrected chi connectivity index (χ3v) is 8.88. The topological polar surface area (TPSA) is 76.6 Å². The molecule has 0 radical (unpaired) electrons. The van der Waals surface area contributed by atoms with Gasteiger partial charge in [-0.05, 0) is 67.6 Å². The first-order valence-corrected chi connectivity index (χ1v) is 15.6. The van der Waals surface area contributed by atoms with E-state index in [-0.39, 0.29) is 12.1 Å². The molecule has 4 N–H and O–H groups in total. The molecule has 0 spiro atoms.